The standard InChI is InChI=1S/C8H16N2O3/c9-8(12)5-13-10-6-3-1-2-4-7(6)11/h6-7,10-11H,1-5H2,(H2,9,12)/t6-,7-/m1/s1. The minimum atomic E-state index is -0.516. The number of nitrogens with one attached hydrogen (secondary N) is 1. The van der Waals surface area contributed by atoms with Crippen LogP contribution in [0.25, 0.3) is 0 Å². The van der Waals surface area contributed by atoms with Crippen LogP contribution in [-0.4, -0.2) is 29.8 Å². The third-order valence-electron chi connectivity index (χ3n) is 2.18. The molecule has 2 atom stereocenters. The Morgan fingerprint density at radius 2 is 2.23 bits per heavy atom. The highest BCUT2D eigenvalue weighted by atomic mass is 16.6. The molecular weight excluding hydrogens is 172 g/mol. The zero-order valence-electron chi connectivity index (χ0n) is 7.53. The summed E-state index contributed by atoms with van der Waals surface area (Å²) in [5.41, 5.74) is 7.53. The van der Waals surface area contributed by atoms with E-state index in [0.717, 1.165) is 25.7 Å². The minimum absolute atomic E-state index is 0.0619. The molecule has 0 unspecified atom stereocenters. The average molecular weight is 188 g/mol. The van der Waals surface area contributed by atoms with Gasteiger partial charge in [0.05, 0.1) is 12.1 Å². The van der Waals surface area contributed by atoms with E-state index >= 15 is 0 Å². The number of aliphatic hydroxyl groups is 1. The number of primary amides is 1. The topological polar surface area (TPSA) is 84.6 Å². The Morgan fingerprint density at radius 3 is 2.85 bits per heavy atom. The summed E-state index contributed by atoms with van der Waals surface area (Å²) >= 11 is 0. The van der Waals surface area contributed by atoms with E-state index in [1.807, 2.05) is 0 Å². The first-order valence-electron chi connectivity index (χ1n) is 4.54. The van der Waals surface area contributed by atoms with Crippen molar-refractivity contribution in [2.24, 2.45) is 5.73 Å². The molecule has 0 saturated heterocycles. The maximum Gasteiger partial charge on any atom is 0.245 e. The molecule has 0 radical (unpaired) electrons. The zero-order chi connectivity index (χ0) is 9.68. The van der Waals surface area contributed by atoms with Crippen LogP contribution in [0.4, 0.5) is 0 Å². The van der Waals surface area contributed by atoms with Crippen molar-refractivity contribution in [1.29, 1.82) is 0 Å². The first-order valence-corrected chi connectivity index (χ1v) is 4.54. The minimum Gasteiger partial charge on any atom is -0.391 e. The van der Waals surface area contributed by atoms with Crippen molar-refractivity contribution in [2.75, 3.05) is 6.61 Å². The molecule has 0 aliphatic heterocycles. The van der Waals surface area contributed by atoms with Crippen molar-refractivity contribution in [1.82, 2.24) is 5.48 Å². The van der Waals surface area contributed by atoms with Crippen molar-refractivity contribution >= 4 is 5.91 Å². The van der Waals surface area contributed by atoms with Crippen LogP contribution in [0.3, 0.4) is 0 Å². The van der Waals surface area contributed by atoms with E-state index in [1.165, 1.54) is 0 Å². The predicted octanol–water partition coefficient (Wildman–Crippen LogP) is -0.704. The van der Waals surface area contributed by atoms with Crippen molar-refractivity contribution in [3.05, 3.63) is 0 Å². The number of carbonyl (C=O) groups is 1. The maximum atomic E-state index is 10.3. The number of rotatable bonds is 4. The molecule has 0 bridgehead atoms. The Morgan fingerprint density at radius 1 is 1.54 bits per heavy atom. The van der Waals surface area contributed by atoms with Crippen molar-refractivity contribution < 1.29 is 14.7 Å². The lowest BCUT2D eigenvalue weighted by atomic mass is 9.93. The predicted molar refractivity (Wildman–Crippen MR) is 46.5 cm³/mol. The summed E-state index contributed by atoms with van der Waals surface area (Å²) in [6.45, 7) is -0.150. The van der Waals surface area contributed by atoms with Gasteiger partial charge < -0.3 is 10.8 Å². The largest absolute Gasteiger partial charge is 0.391 e. The van der Waals surface area contributed by atoms with E-state index in [1.54, 1.807) is 0 Å². The number of hydrogen-bond acceptors (Lipinski definition) is 4. The van der Waals surface area contributed by atoms with Crippen LogP contribution in [0.2, 0.25) is 0 Å². The smallest absolute Gasteiger partial charge is 0.245 e. The summed E-state index contributed by atoms with van der Waals surface area (Å²) in [5.74, 6) is -0.516. The van der Waals surface area contributed by atoms with Crippen LogP contribution in [0, 0.1) is 0 Å². The summed E-state index contributed by atoms with van der Waals surface area (Å²) in [6, 6.07) is -0.0619. The second kappa shape index (κ2) is 5.16. The monoisotopic (exact) mass is 188 g/mol. The summed E-state index contributed by atoms with van der Waals surface area (Å²) in [7, 11) is 0. The molecule has 13 heavy (non-hydrogen) atoms. The molecule has 5 nitrogen and oxygen atoms in total. The van der Waals surface area contributed by atoms with Gasteiger partial charge in [-0.3, -0.25) is 9.63 Å². The number of hydroxylamine groups is 1. The number of aliphatic hydroxyl groups excluding tert-OH is 1. The number of carbonyl (C=O) groups excluding carboxylic acids is 1. The molecule has 1 saturated carbocycles. The van der Waals surface area contributed by atoms with Crippen molar-refractivity contribution in [2.45, 2.75) is 37.8 Å². The molecule has 1 fully saturated rings. The fraction of sp³-hybridized carbons (Fsp3) is 0.875. The molecule has 5 heteroatoms. The fourth-order valence-electron chi connectivity index (χ4n) is 1.47. The van der Waals surface area contributed by atoms with E-state index < -0.39 is 5.91 Å². The van der Waals surface area contributed by atoms with Crippen LogP contribution in [0.1, 0.15) is 25.7 Å². The van der Waals surface area contributed by atoms with Gasteiger partial charge in [0.2, 0.25) is 5.91 Å². The van der Waals surface area contributed by atoms with Gasteiger partial charge in [-0.25, -0.2) is 0 Å². The normalized spacial score (nSPS) is 28.7. The van der Waals surface area contributed by atoms with Crippen molar-refractivity contribution in [3.8, 4) is 0 Å². The fourth-order valence-corrected chi connectivity index (χ4v) is 1.47. The summed E-state index contributed by atoms with van der Waals surface area (Å²) in [5, 5.41) is 9.48. The van der Waals surface area contributed by atoms with E-state index in [0.29, 0.717) is 0 Å². The second-order valence-electron chi connectivity index (χ2n) is 3.33. The molecule has 0 aromatic heterocycles. The highest BCUT2D eigenvalue weighted by Crippen LogP contribution is 2.17. The van der Waals surface area contributed by atoms with E-state index in [2.05, 4.69) is 5.48 Å². The van der Waals surface area contributed by atoms with Gasteiger partial charge in [0.1, 0.15) is 6.61 Å². The summed E-state index contributed by atoms with van der Waals surface area (Å²) in [6.07, 6.45) is 3.42. The first kappa shape index (κ1) is 10.4. The lowest BCUT2D eigenvalue weighted by Gasteiger charge is -2.27. The second-order valence-corrected chi connectivity index (χ2v) is 3.33. The van der Waals surface area contributed by atoms with Crippen LogP contribution in [0.15, 0.2) is 0 Å². The van der Waals surface area contributed by atoms with E-state index in [4.69, 9.17) is 10.6 Å². The SMILES string of the molecule is NC(=O)CON[C@@H]1CCCC[C@H]1O. The van der Waals surface area contributed by atoms with Crippen LogP contribution in [0.5, 0.6) is 0 Å². The summed E-state index contributed by atoms with van der Waals surface area (Å²) < 4.78 is 0. The number of nitrogens with two attached hydrogens (primary N) is 1. The molecule has 0 spiro atoms. The Bertz CT molecular complexity index is 175. The molecule has 1 aliphatic carbocycles. The van der Waals surface area contributed by atoms with Gasteiger partial charge in [-0.05, 0) is 12.8 Å². The quantitative estimate of drug-likeness (QED) is 0.509. The maximum absolute atomic E-state index is 10.3. The molecule has 1 rings (SSSR count). The lowest BCUT2D eigenvalue weighted by Crippen LogP contribution is -2.43. The molecule has 0 heterocycles. The van der Waals surface area contributed by atoms with Crippen molar-refractivity contribution in [3.63, 3.8) is 0 Å². The Labute approximate surface area is 77.2 Å². The molecule has 4 N–H and O–H groups in total. The summed E-state index contributed by atoms with van der Waals surface area (Å²) in [4.78, 5) is 15.1. The molecule has 0 aromatic rings. The molecular formula is C8H16N2O3. The van der Waals surface area contributed by atoms with Gasteiger partial charge in [-0.1, -0.05) is 12.8 Å². The highest BCUT2D eigenvalue weighted by Gasteiger charge is 2.22. The zero-order valence-corrected chi connectivity index (χ0v) is 7.53. The average Bonchev–Trinajstić information content (AvgIpc) is 2.08. The van der Waals surface area contributed by atoms with Crippen LogP contribution >= 0.6 is 0 Å². The highest BCUT2D eigenvalue weighted by molar-refractivity contribution is 5.74. The van der Waals surface area contributed by atoms with Gasteiger partial charge in [0.15, 0.2) is 0 Å². The number of amides is 1. The lowest BCUT2D eigenvalue weighted by molar-refractivity contribution is -0.127. The van der Waals surface area contributed by atoms with E-state index in [9.17, 15) is 9.90 Å². The Kier molecular flexibility index (Phi) is 4.14. The van der Waals surface area contributed by atoms with E-state index in [-0.39, 0.29) is 18.8 Å². The van der Waals surface area contributed by atoms with Gasteiger partial charge in [-0.2, -0.15) is 5.48 Å². The van der Waals surface area contributed by atoms with Crippen LogP contribution in [-0.2, 0) is 9.63 Å². The molecule has 76 valence electrons. The van der Waals surface area contributed by atoms with Crippen LogP contribution < -0.4 is 11.2 Å². The Hall–Kier alpha value is -0.650. The van der Waals surface area contributed by atoms with Gasteiger partial charge in [-0.15, -0.1) is 0 Å². The first-order chi connectivity index (χ1) is 6.20. The third-order valence-corrected chi connectivity index (χ3v) is 2.18. The van der Waals surface area contributed by atoms with Gasteiger partial charge >= 0.3 is 0 Å². The molecule has 1 amide bonds. The molecule has 1 aliphatic rings. The van der Waals surface area contributed by atoms with Gasteiger partial charge in [0, 0.05) is 0 Å². The van der Waals surface area contributed by atoms with Gasteiger partial charge in [0.25, 0.3) is 0 Å². The Balaban J connectivity index is 2.15. The number of hydrogen-bond donors (Lipinski definition) is 3. The third kappa shape index (κ3) is 3.71. The molecule has 0 aromatic carbocycles.